The largest absolute Gasteiger partial charge is 0.451 e. The third-order valence-corrected chi connectivity index (χ3v) is 7.17. The number of benzene rings is 2. The minimum absolute atomic E-state index is 0.222. The van der Waals surface area contributed by atoms with Crippen LogP contribution in [0.4, 0.5) is 5.69 Å². The number of amides is 1. The average molecular weight is 415 g/mol. The van der Waals surface area contributed by atoms with Gasteiger partial charge in [0.2, 0.25) is 0 Å². The third kappa shape index (κ3) is 4.20. The zero-order valence-corrected chi connectivity index (χ0v) is 17.2. The van der Waals surface area contributed by atoms with E-state index in [1.807, 2.05) is 54.8 Å². The van der Waals surface area contributed by atoms with Gasteiger partial charge in [-0.3, -0.25) is 9.79 Å². The molecule has 1 amide bonds. The number of thioether (sulfide) groups is 3. The second-order valence-electron chi connectivity index (χ2n) is 5.87. The van der Waals surface area contributed by atoms with E-state index in [9.17, 15) is 4.79 Å². The Labute approximate surface area is 170 Å². The fraction of sp³-hybridized carbons (Fsp3) is 0.200. The maximum absolute atomic E-state index is 12.9. The molecular weight excluding hydrogens is 396 g/mol. The minimum atomic E-state index is -0.222. The SMILES string of the molecule is CSc1ccc(NC(=O)c2oc3ccccc3c2CSC2=NCCS2)cc1. The lowest BCUT2D eigenvalue weighted by atomic mass is 10.1. The van der Waals surface area contributed by atoms with Gasteiger partial charge in [0.05, 0.1) is 6.54 Å². The van der Waals surface area contributed by atoms with Crippen molar-refractivity contribution in [3.8, 4) is 0 Å². The number of fused-ring (bicyclic) bond motifs is 1. The van der Waals surface area contributed by atoms with E-state index in [2.05, 4.69) is 10.3 Å². The van der Waals surface area contributed by atoms with Gasteiger partial charge in [0.15, 0.2) is 5.76 Å². The summed E-state index contributed by atoms with van der Waals surface area (Å²) < 4.78 is 7.00. The number of furan rings is 1. The zero-order chi connectivity index (χ0) is 18.6. The lowest BCUT2D eigenvalue weighted by Crippen LogP contribution is -2.12. The first-order chi connectivity index (χ1) is 13.2. The molecule has 1 N–H and O–H groups in total. The molecule has 0 aliphatic carbocycles. The van der Waals surface area contributed by atoms with Crippen LogP contribution in [0.3, 0.4) is 0 Å². The highest BCUT2D eigenvalue weighted by Crippen LogP contribution is 2.33. The Morgan fingerprint density at radius 3 is 2.78 bits per heavy atom. The average Bonchev–Trinajstić information content (AvgIpc) is 3.34. The van der Waals surface area contributed by atoms with Crippen LogP contribution in [0.5, 0.6) is 0 Å². The Morgan fingerprint density at radius 1 is 1.22 bits per heavy atom. The summed E-state index contributed by atoms with van der Waals surface area (Å²) in [5.74, 6) is 1.85. The molecule has 1 aliphatic heterocycles. The van der Waals surface area contributed by atoms with E-state index < -0.39 is 0 Å². The van der Waals surface area contributed by atoms with Crippen molar-refractivity contribution in [3.63, 3.8) is 0 Å². The first-order valence-corrected chi connectivity index (χ1v) is 11.7. The van der Waals surface area contributed by atoms with Crippen molar-refractivity contribution in [1.29, 1.82) is 0 Å². The summed E-state index contributed by atoms with van der Waals surface area (Å²) in [6.45, 7) is 0.874. The summed E-state index contributed by atoms with van der Waals surface area (Å²) in [6, 6.07) is 15.6. The van der Waals surface area contributed by atoms with E-state index >= 15 is 0 Å². The summed E-state index contributed by atoms with van der Waals surface area (Å²) in [4.78, 5) is 18.5. The molecular formula is C20H18N2O2S3. The lowest BCUT2D eigenvalue weighted by Gasteiger charge is -2.06. The van der Waals surface area contributed by atoms with Crippen LogP contribution in [0.1, 0.15) is 16.1 Å². The normalized spacial score (nSPS) is 13.7. The number of carbonyl (C=O) groups excluding carboxylic acids is 1. The van der Waals surface area contributed by atoms with Gasteiger partial charge in [-0.1, -0.05) is 41.7 Å². The number of hydrogen-bond acceptors (Lipinski definition) is 6. The van der Waals surface area contributed by atoms with Crippen molar-refractivity contribution in [2.45, 2.75) is 10.6 Å². The molecule has 27 heavy (non-hydrogen) atoms. The van der Waals surface area contributed by atoms with Crippen LogP contribution in [-0.4, -0.2) is 28.8 Å². The molecule has 0 spiro atoms. The molecule has 7 heteroatoms. The molecule has 0 saturated heterocycles. The van der Waals surface area contributed by atoms with Crippen LogP contribution >= 0.6 is 35.3 Å². The van der Waals surface area contributed by atoms with E-state index in [0.717, 1.165) is 43.8 Å². The Bertz CT molecular complexity index is 996. The number of nitrogens with zero attached hydrogens (tertiary/aromatic N) is 1. The van der Waals surface area contributed by atoms with Gasteiger partial charge in [0.1, 0.15) is 9.96 Å². The van der Waals surface area contributed by atoms with Crippen molar-refractivity contribution in [2.24, 2.45) is 4.99 Å². The van der Waals surface area contributed by atoms with Crippen molar-refractivity contribution < 1.29 is 9.21 Å². The van der Waals surface area contributed by atoms with Gasteiger partial charge in [-0.15, -0.1) is 11.8 Å². The smallest absolute Gasteiger partial charge is 0.291 e. The van der Waals surface area contributed by atoms with Crippen LogP contribution in [0, 0.1) is 0 Å². The van der Waals surface area contributed by atoms with Crippen LogP contribution in [0.15, 0.2) is 62.8 Å². The number of nitrogens with one attached hydrogen (secondary N) is 1. The quantitative estimate of drug-likeness (QED) is 0.539. The summed E-state index contributed by atoms with van der Waals surface area (Å²) in [5, 5.41) is 3.94. The number of anilines is 1. The van der Waals surface area contributed by atoms with Crippen molar-refractivity contribution in [2.75, 3.05) is 23.9 Å². The van der Waals surface area contributed by atoms with Gasteiger partial charge >= 0.3 is 0 Å². The van der Waals surface area contributed by atoms with Gasteiger partial charge in [-0.05, 0) is 36.6 Å². The third-order valence-electron chi connectivity index (χ3n) is 4.15. The summed E-state index contributed by atoms with van der Waals surface area (Å²) >= 11 is 5.11. The van der Waals surface area contributed by atoms with E-state index in [-0.39, 0.29) is 5.91 Å². The highest BCUT2D eigenvalue weighted by Gasteiger charge is 2.21. The molecule has 0 saturated carbocycles. The summed E-state index contributed by atoms with van der Waals surface area (Å²) in [5.41, 5.74) is 2.41. The topological polar surface area (TPSA) is 54.6 Å². The first-order valence-electron chi connectivity index (χ1n) is 8.50. The van der Waals surface area contributed by atoms with Gasteiger partial charge in [0.25, 0.3) is 5.91 Å². The second kappa shape index (κ2) is 8.46. The summed E-state index contributed by atoms with van der Waals surface area (Å²) in [7, 11) is 0. The molecule has 1 aliphatic rings. The number of para-hydroxylation sites is 1. The Kier molecular flexibility index (Phi) is 5.80. The van der Waals surface area contributed by atoms with Crippen molar-refractivity contribution in [1.82, 2.24) is 0 Å². The summed E-state index contributed by atoms with van der Waals surface area (Å²) in [6.07, 6.45) is 2.03. The number of aliphatic imine (C=N–C) groups is 1. The zero-order valence-electron chi connectivity index (χ0n) is 14.7. The lowest BCUT2D eigenvalue weighted by molar-refractivity contribution is 0.0998. The molecule has 4 nitrogen and oxygen atoms in total. The first kappa shape index (κ1) is 18.5. The van der Waals surface area contributed by atoms with Crippen LogP contribution < -0.4 is 5.32 Å². The molecule has 0 fully saturated rings. The Morgan fingerprint density at radius 2 is 2.04 bits per heavy atom. The van der Waals surface area contributed by atoms with Crippen LogP contribution in [-0.2, 0) is 5.75 Å². The molecule has 4 rings (SSSR count). The maximum Gasteiger partial charge on any atom is 0.291 e. The molecule has 138 valence electrons. The van der Waals surface area contributed by atoms with Crippen molar-refractivity contribution in [3.05, 3.63) is 59.9 Å². The fourth-order valence-corrected chi connectivity index (χ4v) is 5.27. The van der Waals surface area contributed by atoms with Crippen molar-refractivity contribution >= 4 is 62.2 Å². The highest BCUT2D eigenvalue weighted by atomic mass is 32.2. The van der Waals surface area contributed by atoms with E-state index in [4.69, 9.17) is 4.42 Å². The number of carbonyl (C=O) groups is 1. The van der Waals surface area contributed by atoms with E-state index in [0.29, 0.717) is 11.5 Å². The fourth-order valence-electron chi connectivity index (χ4n) is 2.82. The molecule has 2 aromatic carbocycles. The number of hydrogen-bond donors (Lipinski definition) is 1. The van der Waals surface area contributed by atoms with Gasteiger partial charge < -0.3 is 9.73 Å². The molecule has 3 aromatic rings. The Balaban J connectivity index is 1.60. The monoisotopic (exact) mass is 414 g/mol. The molecule has 1 aromatic heterocycles. The van der Waals surface area contributed by atoms with Gasteiger partial charge in [0, 0.05) is 33.0 Å². The second-order valence-corrected chi connectivity index (χ2v) is 9.06. The van der Waals surface area contributed by atoms with Gasteiger partial charge in [-0.2, -0.15) is 0 Å². The van der Waals surface area contributed by atoms with Crippen LogP contribution in [0.25, 0.3) is 11.0 Å². The molecule has 0 bridgehead atoms. The predicted octanol–water partition coefficient (Wildman–Crippen LogP) is 5.74. The predicted molar refractivity (Wildman–Crippen MR) is 118 cm³/mol. The standard InChI is InChI=1S/C20H18N2O2S3/c1-25-14-8-6-13(7-9-14)22-19(23)18-16(12-27-20-21-10-11-26-20)15-4-2-3-5-17(15)24-18/h2-9H,10-12H2,1H3,(H,22,23). The maximum atomic E-state index is 12.9. The Hall–Kier alpha value is -1.83. The molecule has 2 heterocycles. The number of rotatable bonds is 5. The van der Waals surface area contributed by atoms with E-state index in [1.165, 1.54) is 0 Å². The molecule has 0 radical (unpaired) electrons. The van der Waals surface area contributed by atoms with E-state index in [1.54, 1.807) is 35.3 Å². The van der Waals surface area contributed by atoms with Crippen LogP contribution in [0.2, 0.25) is 0 Å². The highest BCUT2D eigenvalue weighted by molar-refractivity contribution is 8.38. The molecule has 0 unspecified atom stereocenters. The van der Waals surface area contributed by atoms with Gasteiger partial charge in [-0.25, -0.2) is 0 Å². The minimum Gasteiger partial charge on any atom is -0.451 e. The molecule has 0 atom stereocenters.